The summed E-state index contributed by atoms with van der Waals surface area (Å²) in [4.78, 5) is 0. The van der Waals surface area contributed by atoms with E-state index in [1.54, 1.807) is 0 Å². The van der Waals surface area contributed by atoms with E-state index >= 15 is 0 Å². The van der Waals surface area contributed by atoms with Gasteiger partial charge in [0.05, 0.1) is 0 Å². The van der Waals surface area contributed by atoms with Crippen molar-refractivity contribution < 1.29 is 0 Å². The summed E-state index contributed by atoms with van der Waals surface area (Å²) in [5.74, 6) is 0. The average molecular weight is 311 g/mol. The monoisotopic (exact) mass is 310 g/mol. The van der Waals surface area contributed by atoms with Gasteiger partial charge in [0.2, 0.25) is 0 Å². The van der Waals surface area contributed by atoms with Crippen LogP contribution in [0.3, 0.4) is 0 Å². The minimum absolute atomic E-state index is 1.00. The summed E-state index contributed by atoms with van der Waals surface area (Å²) in [5, 5.41) is 0. The third-order valence-corrected chi connectivity index (χ3v) is 4.67. The fourth-order valence-corrected chi connectivity index (χ4v) is 2.89. The summed E-state index contributed by atoms with van der Waals surface area (Å²) in [7, 11) is 0. The highest BCUT2D eigenvalue weighted by Gasteiger charge is 2.07. The van der Waals surface area contributed by atoms with Gasteiger partial charge in [0, 0.05) is 0 Å². The number of aryl methyl sites for hydroxylation is 2. The fourth-order valence-electron chi connectivity index (χ4n) is 2.89. The van der Waals surface area contributed by atoms with E-state index < -0.39 is 0 Å². The second-order valence-electron chi connectivity index (χ2n) is 6.92. The highest BCUT2D eigenvalue weighted by Crippen LogP contribution is 2.27. The van der Waals surface area contributed by atoms with Crippen LogP contribution >= 0.6 is 0 Å². The summed E-state index contributed by atoms with van der Waals surface area (Å²) in [5.41, 5.74) is 9.91. The van der Waals surface area contributed by atoms with Gasteiger partial charge in [-0.15, -0.1) is 0 Å². The minimum Gasteiger partial charge on any atom is -0.0995 e. The molecule has 0 nitrogen and oxygen atoms in total. The Morgan fingerprint density at radius 1 is 1.13 bits per heavy atom. The molecule has 0 amide bonds. The van der Waals surface area contributed by atoms with Crippen LogP contribution in [0.2, 0.25) is 0 Å². The summed E-state index contributed by atoms with van der Waals surface area (Å²) >= 11 is 0. The fraction of sp³-hybridized carbons (Fsp3) is 0.478. The summed E-state index contributed by atoms with van der Waals surface area (Å²) in [6, 6.07) is 6.96. The van der Waals surface area contributed by atoms with Crippen molar-refractivity contribution in [2.45, 2.75) is 73.6 Å². The van der Waals surface area contributed by atoms with Crippen molar-refractivity contribution in [2.24, 2.45) is 0 Å². The van der Waals surface area contributed by atoms with Crippen molar-refractivity contribution in [1.29, 1.82) is 0 Å². The van der Waals surface area contributed by atoms with Crippen LogP contribution in [0, 0.1) is 6.92 Å². The minimum atomic E-state index is 1.00. The van der Waals surface area contributed by atoms with Gasteiger partial charge in [-0.25, -0.2) is 0 Å². The van der Waals surface area contributed by atoms with Gasteiger partial charge in [0.1, 0.15) is 0 Å². The second kappa shape index (κ2) is 9.55. The smallest absolute Gasteiger partial charge is 0.00670 e. The highest BCUT2D eigenvalue weighted by molar-refractivity contribution is 5.70. The highest BCUT2D eigenvalue weighted by atomic mass is 14.1. The summed E-state index contributed by atoms with van der Waals surface area (Å²) in [6.45, 7) is 17.5. The lowest BCUT2D eigenvalue weighted by Crippen LogP contribution is -1.95. The molecule has 0 saturated carbocycles. The molecule has 1 aromatic carbocycles. The number of rotatable bonds is 8. The maximum Gasteiger partial charge on any atom is -0.00670 e. The zero-order valence-electron chi connectivity index (χ0n) is 16.1. The molecule has 0 spiro atoms. The van der Waals surface area contributed by atoms with Crippen molar-refractivity contribution in [1.82, 2.24) is 0 Å². The van der Waals surface area contributed by atoms with Crippen LogP contribution in [0.5, 0.6) is 0 Å². The van der Waals surface area contributed by atoms with Gasteiger partial charge in [0.25, 0.3) is 0 Å². The lowest BCUT2D eigenvalue weighted by Gasteiger charge is -2.14. The van der Waals surface area contributed by atoms with E-state index in [1.165, 1.54) is 45.4 Å². The molecule has 0 aromatic heterocycles. The molecule has 0 heteroatoms. The van der Waals surface area contributed by atoms with Gasteiger partial charge < -0.3 is 0 Å². The molecule has 0 N–H and O–H groups in total. The average Bonchev–Trinajstić information content (AvgIpc) is 2.51. The third-order valence-electron chi connectivity index (χ3n) is 4.67. The first-order chi connectivity index (χ1) is 10.9. The molecule has 1 rings (SSSR count). The van der Waals surface area contributed by atoms with E-state index in [9.17, 15) is 0 Å². The predicted octanol–water partition coefficient (Wildman–Crippen LogP) is 7.43. The number of benzene rings is 1. The molecule has 0 aliphatic carbocycles. The number of hydrogen-bond acceptors (Lipinski definition) is 0. The Morgan fingerprint density at radius 3 is 2.35 bits per heavy atom. The Morgan fingerprint density at radius 2 is 1.83 bits per heavy atom. The quantitative estimate of drug-likeness (QED) is 0.438. The second-order valence-corrected chi connectivity index (χ2v) is 6.92. The molecule has 1 aromatic rings. The molecule has 0 fully saturated rings. The van der Waals surface area contributed by atoms with E-state index in [0.717, 1.165) is 25.7 Å². The Kier molecular flexibility index (Phi) is 8.09. The van der Waals surface area contributed by atoms with Gasteiger partial charge >= 0.3 is 0 Å². The van der Waals surface area contributed by atoms with Crippen molar-refractivity contribution >= 4 is 5.57 Å². The van der Waals surface area contributed by atoms with E-state index in [0.29, 0.717) is 0 Å². The normalized spacial score (nSPS) is 11.5. The maximum atomic E-state index is 4.22. The summed E-state index contributed by atoms with van der Waals surface area (Å²) in [6.07, 6.45) is 7.84. The number of hydrogen-bond donors (Lipinski definition) is 0. The molecule has 0 unspecified atom stereocenters. The van der Waals surface area contributed by atoms with Crippen LogP contribution in [0.4, 0.5) is 0 Å². The molecule has 0 radical (unpaired) electrons. The molecule has 23 heavy (non-hydrogen) atoms. The van der Waals surface area contributed by atoms with E-state index in [2.05, 4.69) is 72.4 Å². The first-order valence-corrected chi connectivity index (χ1v) is 8.93. The van der Waals surface area contributed by atoms with Gasteiger partial charge in [-0.1, -0.05) is 60.9 Å². The molecule has 0 atom stereocenters. The summed E-state index contributed by atoms with van der Waals surface area (Å²) < 4.78 is 0. The van der Waals surface area contributed by atoms with Crippen molar-refractivity contribution in [3.8, 4) is 0 Å². The number of allylic oxidation sites excluding steroid dienone is 5. The van der Waals surface area contributed by atoms with E-state index in [-0.39, 0.29) is 0 Å². The zero-order valence-corrected chi connectivity index (χ0v) is 16.1. The molecule has 0 aliphatic rings. The van der Waals surface area contributed by atoms with Crippen molar-refractivity contribution in [3.05, 3.63) is 64.3 Å². The lowest BCUT2D eigenvalue weighted by atomic mass is 9.91. The van der Waals surface area contributed by atoms with Crippen LogP contribution in [0.1, 0.15) is 77.0 Å². The molecule has 126 valence electrons. The van der Waals surface area contributed by atoms with Crippen LogP contribution in [0.15, 0.2) is 47.6 Å². The standard InChI is InChI=1S/C23H34/c1-8-10-18(5)15-22(9-2)23-14-13-21(16-20(23)7)12-11-19(6)17(3)4/h9,13-14,16H,5,8,10-12,15H2,1-4,6-7H3/b22-9-. The van der Waals surface area contributed by atoms with Gasteiger partial charge in [-0.05, 0) is 82.6 Å². The topological polar surface area (TPSA) is 0 Å². The molecule has 0 heterocycles. The molecule has 0 saturated heterocycles. The van der Waals surface area contributed by atoms with Crippen LogP contribution in [-0.4, -0.2) is 0 Å². The Balaban J connectivity index is 2.86. The molecular formula is C23H34. The van der Waals surface area contributed by atoms with Crippen LogP contribution in [0.25, 0.3) is 5.57 Å². The Bertz CT molecular complexity index is 592. The van der Waals surface area contributed by atoms with Gasteiger partial charge in [-0.3, -0.25) is 0 Å². The maximum absolute atomic E-state index is 4.22. The molecule has 0 aliphatic heterocycles. The largest absolute Gasteiger partial charge is 0.0995 e. The van der Waals surface area contributed by atoms with Crippen LogP contribution in [-0.2, 0) is 6.42 Å². The Labute approximate surface area is 144 Å². The van der Waals surface area contributed by atoms with E-state index in [4.69, 9.17) is 0 Å². The first kappa shape index (κ1) is 19.5. The van der Waals surface area contributed by atoms with Gasteiger partial charge in [-0.2, -0.15) is 0 Å². The van der Waals surface area contributed by atoms with Gasteiger partial charge in [0.15, 0.2) is 0 Å². The first-order valence-electron chi connectivity index (χ1n) is 8.93. The third kappa shape index (κ3) is 6.22. The lowest BCUT2D eigenvalue weighted by molar-refractivity contribution is 0.887. The zero-order chi connectivity index (χ0) is 17.4. The van der Waals surface area contributed by atoms with Crippen molar-refractivity contribution in [3.63, 3.8) is 0 Å². The van der Waals surface area contributed by atoms with Crippen LogP contribution < -0.4 is 0 Å². The molecular weight excluding hydrogens is 276 g/mol. The Hall–Kier alpha value is -1.56. The van der Waals surface area contributed by atoms with Crippen molar-refractivity contribution in [2.75, 3.05) is 0 Å². The van der Waals surface area contributed by atoms with E-state index in [1.807, 2.05) is 0 Å². The predicted molar refractivity (Wildman–Crippen MR) is 106 cm³/mol. The molecule has 0 bridgehead atoms. The SMILES string of the molecule is C=C(CCC)C/C(=C/C)c1ccc(CCC(C)=C(C)C)cc1C.